The zero-order chi connectivity index (χ0) is 19.1. The van der Waals surface area contributed by atoms with Crippen molar-refractivity contribution in [1.82, 2.24) is 0 Å². The number of esters is 1. The highest BCUT2D eigenvalue weighted by Crippen LogP contribution is 2.63. The van der Waals surface area contributed by atoms with Crippen molar-refractivity contribution in [3.8, 4) is 0 Å². The molecule has 148 valence electrons. The fraction of sp³-hybridized carbons (Fsp3) is 0.864. The van der Waals surface area contributed by atoms with Gasteiger partial charge in [-0.05, 0) is 79.4 Å². The minimum Gasteiger partial charge on any atom is -0.463 e. The first-order valence-corrected chi connectivity index (χ1v) is 10.3. The van der Waals surface area contributed by atoms with Gasteiger partial charge in [-0.1, -0.05) is 26.0 Å². The maximum absolute atomic E-state index is 11.3. The van der Waals surface area contributed by atoms with Crippen molar-refractivity contribution in [2.45, 2.75) is 71.8 Å². The normalized spacial score (nSPS) is 46.0. The van der Waals surface area contributed by atoms with Gasteiger partial charge < -0.3 is 14.9 Å². The van der Waals surface area contributed by atoms with Crippen LogP contribution in [0.25, 0.3) is 0 Å². The molecule has 0 aromatic heterocycles. The Hall–Kier alpha value is -0.870. The van der Waals surface area contributed by atoms with Crippen molar-refractivity contribution >= 4 is 5.97 Å². The van der Waals surface area contributed by atoms with Crippen molar-refractivity contribution in [1.29, 1.82) is 0 Å². The largest absolute Gasteiger partial charge is 0.463 e. The first-order valence-electron chi connectivity index (χ1n) is 10.3. The quantitative estimate of drug-likeness (QED) is 0.589. The van der Waals surface area contributed by atoms with Crippen LogP contribution in [0.5, 0.6) is 0 Å². The molecular weight excluding hydrogens is 328 g/mol. The molecule has 3 saturated carbocycles. The average Bonchev–Trinajstić information content (AvgIpc) is 2.90. The number of hydrogen-bond acceptors (Lipinski definition) is 4. The van der Waals surface area contributed by atoms with Crippen molar-refractivity contribution < 1.29 is 19.7 Å². The summed E-state index contributed by atoms with van der Waals surface area (Å²) in [4.78, 5) is 11.3. The lowest BCUT2D eigenvalue weighted by Gasteiger charge is -2.56. The van der Waals surface area contributed by atoms with Gasteiger partial charge in [0.1, 0.15) is 6.10 Å². The first kappa shape index (κ1) is 19.9. The van der Waals surface area contributed by atoms with E-state index in [1.807, 2.05) is 0 Å². The van der Waals surface area contributed by atoms with E-state index in [4.69, 9.17) is 4.74 Å². The van der Waals surface area contributed by atoms with Crippen LogP contribution in [0.2, 0.25) is 0 Å². The monoisotopic (exact) mass is 364 g/mol. The fourth-order valence-corrected chi connectivity index (χ4v) is 6.76. The number of aliphatic hydroxyl groups is 2. The molecule has 0 amide bonds. The molecule has 3 fully saturated rings. The van der Waals surface area contributed by atoms with E-state index in [1.165, 1.54) is 12.5 Å². The van der Waals surface area contributed by atoms with E-state index in [9.17, 15) is 15.0 Å². The molecule has 4 heteroatoms. The van der Waals surface area contributed by atoms with Crippen LogP contribution in [0.3, 0.4) is 0 Å². The molecule has 2 N–H and O–H groups in total. The molecule has 4 nitrogen and oxygen atoms in total. The number of aliphatic hydroxyl groups excluding tert-OH is 2. The van der Waals surface area contributed by atoms with Gasteiger partial charge in [0.25, 0.3) is 0 Å². The zero-order valence-electron chi connectivity index (χ0n) is 16.7. The Bertz CT molecular complexity index is 558. The van der Waals surface area contributed by atoms with Crippen molar-refractivity contribution in [2.75, 3.05) is 13.2 Å². The van der Waals surface area contributed by atoms with Crippen molar-refractivity contribution in [3.63, 3.8) is 0 Å². The van der Waals surface area contributed by atoms with Crippen molar-refractivity contribution in [3.05, 3.63) is 12.2 Å². The lowest BCUT2D eigenvalue weighted by Crippen LogP contribution is -2.52. The predicted octanol–water partition coefficient (Wildman–Crippen LogP) is 3.71. The van der Waals surface area contributed by atoms with E-state index in [2.05, 4.69) is 20.4 Å². The third kappa shape index (κ3) is 3.13. The summed E-state index contributed by atoms with van der Waals surface area (Å²) < 4.78 is 5.45. The van der Waals surface area contributed by atoms with Crippen LogP contribution in [0, 0.1) is 34.5 Å². The topological polar surface area (TPSA) is 66.8 Å². The Kier molecular flexibility index (Phi) is 5.56. The maximum Gasteiger partial charge on any atom is 0.302 e. The van der Waals surface area contributed by atoms with Crippen LogP contribution in [0.15, 0.2) is 12.2 Å². The molecule has 0 aliphatic heterocycles. The van der Waals surface area contributed by atoms with E-state index in [0.717, 1.165) is 44.9 Å². The van der Waals surface area contributed by atoms with E-state index in [0.29, 0.717) is 11.8 Å². The SMILES string of the molecule is C=C1CC[C@H]2[C@H](CO)[C@@H]([C@@]3(C)CC[C@H](OC(C)=O)C[C@@H]3CO)CC[C@]12C. The van der Waals surface area contributed by atoms with Crippen LogP contribution in [0.4, 0.5) is 0 Å². The number of carbonyl (C=O) groups excluding carboxylic acids is 1. The second kappa shape index (κ2) is 7.27. The second-order valence-corrected chi connectivity index (χ2v) is 9.55. The predicted molar refractivity (Wildman–Crippen MR) is 101 cm³/mol. The minimum atomic E-state index is -0.235. The van der Waals surface area contributed by atoms with Crippen LogP contribution in [-0.4, -0.2) is 35.5 Å². The Morgan fingerprint density at radius 2 is 1.88 bits per heavy atom. The molecule has 0 saturated heterocycles. The summed E-state index contributed by atoms with van der Waals surface area (Å²) >= 11 is 0. The second-order valence-electron chi connectivity index (χ2n) is 9.55. The Morgan fingerprint density at radius 1 is 1.15 bits per heavy atom. The summed E-state index contributed by atoms with van der Waals surface area (Å²) in [6, 6.07) is 0. The van der Waals surface area contributed by atoms with Crippen LogP contribution < -0.4 is 0 Å². The third-order valence-corrected chi connectivity index (χ3v) is 8.49. The number of rotatable bonds is 4. The lowest BCUT2D eigenvalue weighted by atomic mass is 9.49. The van der Waals surface area contributed by atoms with Gasteiger partial charge in [-0.25, -0.2) is 0 Å². The molecule has 0 aromatic rings. The third-order valence-electron chi connectivity index (χ3n) is 8.49. The smallest absolute Gasteiger partial charge is 0.302 e. The maximum atomic E-state index is 11.3. The van der Waals surface area contributed by atoms with Crippen LogP contribution >= 0.6 is 0 Å². The Morgan fingerprint density at radius 3 is 2.50 bits per heavy atom. The Balaban J connectivity index is 1.82. The van der Waals surface area contributed by atoms with Crippen LogP contribution in [-0.2, 0) is 9.53 Å². The van der Waals surface area contributed by atoms with Gasteiger partial charge >= 0.3 is 5.97 Å². The van der Waals surface area contributed by atoms with Gasteiger partial charge in [0, 0.05) is 20.1 Å². The summed E-state index contributed by atoms with van der Waals surface area (Å²) in [5.74, 6) is 1.07. The Labute approximate surface area is 158 Å². The van der Waals surface area contributed by atoms with E-state index < -0.39 is 0 Å². The average molecular weight is 365 g/mol. The first-order chi connectivity index (χ1) is 12.3. The van der Waals surface area contributed by atoms with Gasteiger partial charge in [-0.2, -0.15) is 0 Å². The van der Waals surface area contributed by atoms with Crippen molar-refractivity contribution in [2.24, 2.45) is 34.5 Å². The van der Waals surface area contributed by atoms with E-state index >= 15 is 0 Å². The molecule has 7 atom stereocenters. The van der Waals surface area contributed by atoms with Gasteiger partial charge in [0.05, 0.1) is 0 Å². The zero-order valence-corrected chi connectivity index (χ0v) is 16.7. The summed E-state index contributed by atoms with van der Waals surface area (Å²) in [6.45, 7) is 10.8. The van der Waals surface area contributed by atoms with E-state index in [-0.39, 0.29) is 48.0 Å². The minimum absolute atomic E-state index is 0.00987. The highest BCUT2D eigenvalue weighted by molar-refractivity contribution is 5.66. The van der Waals surface area contributed by atoms with Gasteiger partial charge in [-0.3, -0.25) is 4.79 Å². The van der Waals surface area contributed by atoms with Gasteiger partial charge in [-0.15, -0.1) is 0 Å². The van der Waals surface area contributed by atoms with Gasteiger partial charge in [0.15, 0.2) is 0 Å². The number of ether oxygens (including phenoxy) is 1. The molecular formula is C22H36O4. The standard InChI is InChI=1S/C22H36O4/c1-14-5-6-19-18(13-24)20(8-10-21(14,19)3)22(4)9-7-17(26-15(2)25)11-16(22)12-23/h16-20,23-24H,1,5-13H2,2-4H3/t16-,17+,18+,19+,20+,21-,22+/m1/s1. The number of allylic oxidation sites excluding steroid dienone is 1. The molecule has 3 aliphatic rings. The highest BCUT2D eigenvalue weighted by Gasteiger charge is 2.56. The summed E-state index contributed by atoms with van der Waals surface area (Å²) in [7, 11) is 0. The molecule has 0 spiro atoms. The fourth-order valence-electron chi connectivity index (χ4n) is 6.76. The molecule has 26 heavy (non-hydrogen) atoms. The molecule has 3 rings (SSSR count). The molecule has 3 aliphatic carbocycles. The number of hydrogen-bond donors (Lipinski definition) is 2. The van der Waals surface area contributed by atoms with E-state index in [1.54, 1.807) is 0 Å². The molecule has 0 aromatic carbocycles. The molecule has 0 radical (unpaired) electrons. The summed E-state index contributed by atoms with van der Waals surface area (Å²) in [5.41, 5.74) is 1.52. The molecule has 0 unspecified atom stereocenters. The summed E-state index contributed by atoms with van der Waals surface area (Å²) in [6.07, 6.45) is 6.89. The van der Waals surface area contributed by atoms with Crippen LogP contribution in [0.1, 0.15) is 65.7 Å². The lowest BCUT2D eigenvalue weighted by molar-refractivity contribution is -0.156. The molecule has 0 bridgehead atoms. The highest BCUT2D eigenvalue weighted by atomic mass is 16.5. The summed E-state index contributed by atoms with van der Waals surface area (Å²) in [5, 5.41) is 20.5. The number of fused-ring (bicyclic) bond motifs is 1. The number of carbonyl (C=O) groups is 1. The van der Waals surface area contributed by atoms with Gasteiger partial charge in [0.2, 0.25) is 0 Å². The molecule has 0 heterocycles.